The van der Waals surface area contributed by atoms with Crippen molar-refractivity contribution in [2.24, 2.45) is 0 Å². The van der Waals surface area contributed by atoms with E-state index in [1.807, 2.05) is 51.9 Å². The first kappa shape index (κ1) is 15.7. The smallest absolute Gasteiger partial charge is 0.255 e. The number of carbonyl (C=O) groups is 1. The largest absolute Gasteiger partial charge is 0.338 e. The zero-order valence-corrected chi connectivity index (χ0v) is 14.6. The Hall–Kier alpha value is -3.48. The van der Waals surface area contributed by atoms with Gasteiger partial charge in [0.2, 0.25) is 0 Å². The minimum absolute atomic E-state index is 0.000626. The van der Waals surface area contributed by atoms with Crippen molar-refractivity contribution in [1.29, 1.82) is 0 Å². The van der Waals surface area contributed by atoms with Gasteiger partial charge < -0.3 is 4.90 Å². The summed E-state index contributed by atoms with van der Waals surface area (Å²) in [6, 6.07) is 13.7. The maximum absolute atomic E-state index is 12.9. The fourth-order valence-electron chi connectivity index (χ4n) is 3.67. The Morgan fingerprint density at radius 2 is 2.04 bits per heavy atom. The fourth-order valence-corrected chi connectivity index (χ4v) is 3.67. The Morgan fingerprint density at radius 3 is 2.85 bits per heavy atom. The van der Waals surface area contributed by atoms with E-state index in [0.717, 1.165) is 30.0 Å². The lowest BCUT2D eigenvalue weighted by atomic mass is 10.1. The van der Waals surface area contributed by atoms with E-state index in [2.05, 4.69) is 20.2 Å². The van der Waals surface area contributed by atoms with E-state index in [9.17, 15) is 4.79 Å². The summed E-state index contributed by atoms with van der Waals surface area (Å²) >= 11 is 0. The zero-order chi connectivity index (χ0) is 18.2. The van der Waals surface area contributed by atoms with Gasteiger partial charge in [-0.3, -0.25) is 14.5 Å². The number of carbonyl (C=O) groups excluding carboxylic acids is 1. The van der Waals surface area contributed by atoms with Crippen LogP contribution in [0.1, 0.15) is 28.4 Å². The van der Waals surface area contributed by atoms with Gasteiger partial charge in [-0.2, -0.15) is 5.10 Å². The summed E-state index contributed by atoms with van der Waals surface area (Å²) in [5.74, 6) is 0.311. The molecule has 4 heterocycles. The van der Waals surface area contributed by atoms with Crippen LogP contribution in [0.5, 0.6) is 0 Å². The molecular weight excluding hydrogens is 340 g/mol. The van der Waals surface area contributed by atoms with Crippen molar-refractivity contribution in [3.05, 3.63) is 72.4 Å². The molecule has 7 heteroatoms. The summed E-state index contributed by atoms with van der Waals surface area (Å²) in [5.41, 5.74) is 4.11. The first-order valence-electron chi connectivity index (χ1n) is 8.96. The predicted molar refractivity (Wildman–Crippen MR) is 101 cm³/mol. The number of hydrogen-bond acceptors (Lipinski definition) is 4. The second kappa shape index (κ2) is 6.35. The highest BCUT2D eigenvalue weighted by Crippen LogP contribution is 2.27. The summed E-state index contributed by atoms with van der Waals surface area (Å²) in [5, 5.41) is 7.01. The third-order valence-corrected chi connectivity index (χ3v) is 5.11. The minimum atomic E-state index is 0.000626. The predicted octanol–water partition coefficient (Wildman–Crippen LogP) is 2.77. The van der Waals surface area contributed by atoms with Crippen molar-refractivity contribution in [3.63, 3.8) is 0 Å². The van der Waals surface area contributed by atoms with Gasteiger partial charge in [-0.1, -0.05) is 18.2 Å². The third kappa shape index (κ3) is 2.77. The number of nitrogens with zero attached hydrogens (tertiary/aromatic N) is 5. The highest BCUT2D eigenvalue weighted by molar-refractivity contribution is 5.96. The molecule has 0 radical (unpaired) electrons. The summed E-state index contributed by atoms with van der Waals surface area (Å²) < 4.78 is 1.92. The molecule has 0 saturated carbocycles. The molecule has 7 nitrogen and oxygen atoms in total. The molecule has 27 heavy (non-hydrogen) atoms. The van der Waals surface area contributed by atoms with Crippen molar-refractivity contribution in [1.82, 2.24) is 29.6 Å². The molecule has 1 fully saturated rings. The SMILES string of the molecule is O=C(c1cnc2c(c1)ncn2-c1ccccc1)N1CCC(c2ccn[nH]2)C1. The molecule has 1 aliphatic heterocycles. The molecule has 0 spiro atoms. The number of likely N-dealkylation sites (tertiary alicyclic amines) is 1. The average Bonchev–Trinajstić information content (AvgIpc) is 3.47. The standard InChI is InChI=1S/C20H18N6O/c27-20(25-9-7-14(12-25)17-6-8-23-24-17)15-10-18-19(21-11-15)26(13-22-18)16-4-2-1-3-5-16/h1-6,8,10-11,13-14H,7,9,12H2,(H,23,24). The number of imidazole rings is 1. The number of fused-ring (bicyclic) bond motifs is 1. The van der Waals surface area contributed by atoms with E-state index in [4.69, 9.17) is 0 Å². The molecule has 0 aliphatic carbocycles. The first-order valence-corrected chi connectivity index (χ1v) is 8.96. The Balaban J connectivity index is 1.40. The molecular formula is C20H18N6O. The molecule has 1 N–H and O–H groups in total. The van der Waals surface area contributed by atoms with Crippen LogP contribution in [0.25, 0.3) is 16.9 Å². The molecule has 4 aromatic rings. The Labute approximate surface area is 155 Å². The maximum atomic E-state index is 12.9. The van der Waals surface area contributed by atoms with E-state index in [0.29, 0.717) is 23.5 Å². The van der Waals surface area contributed by atoms with Gasteiger partial charge in [0.1, 0.15) is 11.8 Å². The number of pyridine rings is 1. The lowest BCUT2D eigenvalue weighted by Crippen LogP contribution is -2.28. The highest BCUT2D eigenvalue weighted by atomic mass is 16.2. The van der Waals surface area contributed by atoms with Crippen LogP contribution in [-0.4, -0.2) is 48.6 Å². The minimum Gasteiger partial charge on any atom is -0.338 e. The first-order chi connectivity index (χ1) is 13.3. The van der Waals surface area contributed by atoms with Crippen LogP contribution in [0.2, 0.25) is 0 Å². The van der Waals surface area contributed by atoms with Crippen LogP contribution < -0.4 is 0 Å². The maximum Gasteiger partial charge on any atom is 0.255 e. The van der Waals surface area contributed by atoms with E-state index >= 15 is 0 Å². The van der Waals surface area contributed by atoms with E-state index in [1.165, 1.54) is 0 Å². The molecule has 3 aromatic heterocycles. The van der Waals surface area contributed by atoms with Gasteiger partial charge in [0, 0.05) is 42.8 Å². The Morgan fingerprint density at radius 1 is 1.15 bits per heavy atom. The monoisotopic (exact) mass is 358 g/mol. The number of H-pyrrole nitrogens is 1. The van der Waals surface area contributed by atoms with E-state index in [-0.39, 0.29) is 5.91 Å². The highest BCUT2D eigenvalue weighted by Gasteiger charge is 2.29. The van der Waals surface area contributed by atoms with Gasteiger partial charge in [0.05, 0.1) is 5.56 Å². The molecule has 1 aliphatic rings. The van der Waals surface area contributed by atoms with Crippen molar-refractivity contribution < 1.29 is 4.79 Å². The second-order valence-corrected chi connectivity index (χ2v) is 6.77. The lowest BCUT2D eigenvalue weighted by molar-refractivity contribution is 0.0790. The number of benzene rings is 1. The van der Waals surface area contributed by atoms with E-state index < -0.39 is 0 Å². The fraction of sp³-hybridized carbons (Fsp3) is 0.200. The Bertz CT molecular complexity index is 1090. The molecule has 1 unspecified atom stereocenters. The molecule has 1 amide bonds. The summed E-state index contributed by atoms with van der Waals surface area (Å²) in [6.07, 6.45) is 6.08. The van der Waals surface area contributed by atoms with Gasteiger partial charge in [-0.15, -0.1) is 0 Å². The van der Waals surface area contributed by atoms with Gasteiger partial charge in [-0.25, -0.2) is 9.97 Å². The Kier molecular flexibility index (Phi) is 3.71. The molecule has 1 aromatic carbocycles. The topological polar surface area (TPSA) is 79.7 Å². The molecule has 1 saturated heterocycles. The van der Waals surface area contributed by atoms with Crippen molar-refractivity contribution >= 4 is 17.1 Å². The number of hydrogen-bond donors (Lipinski definition) is 1. The summed E-state index contributed by atoms with van der Waals surface area (Å²) in [4.78, 5) is 23.7. The quantitative estimate of drug-likeness (QED) is 0.611. The van der Waals surface area contributed by atoms with Crippen LogP contribution in [0.15, 0.2) is 61.2 Å². The zero-order valence-electron chi connectivity index (χ0n) is 14.6. The van der Waals surface area contributed by atoms with Crippen LogP contribution >= 0.6 is 0 Å². The van der Waals surface area contributed by atoms with Crippen LogP contribution in [-0.2, 0) is 0 Å². The summed E-state index contributed by atoms with van der Waals surface area (Å²) in [6.45, 7) is 1.43. The van der Waals surface area contributed by atoms with Crippen LogP contribution in [0, 0.1) is 0 Å². The number of rotatable bonds is 3. The van der Waals surface area contributed by atoms with Gasteiger partial charge in [-0.05, 0) is 30.7 Å². The third-order valence-electron chi connectivity index (χ3n) is 5.11. The lowest BCUT2D eigenvalue weighted by Gasteiger charge is -2.16. The van der Waals surface area contributed by atoms with Crippen molar-refractivity contribution in [3.8, 4) is 5.69 Å². The van der Waals surface area contributed by atoms with E-state index in [1.54, 1.807) is 18.7 Å². The molecule has 1 atom stereocenters. The average molecular weight is 358 g/mol. The molecule has 0 bridgehead atoms. The van der Waals surface area contributed by atoms with Gasteiger partial charge in [0.25, 0.3) is 5.91 Å². The van der Waals surface area contributed by atoms with Crippen LogP contribution in [0.4, 0.5) is 0 Å². The van der Waals surface area contributed by atoms with Gasteiger partial charge >= 0.3 is 0 Å². The molecule has 5 rings (SSSR count). The number of nitrogens with one attached hydrogen (secondary N) is 1. The second-order valence-electron chi connectivity index (χ2n) is 6.77. The van der Waals surface area contributed by atoms with Gasteiger partial charge in [0.15, 0.2) is 5.65 Å². The van der Waals surface area contributed by atoms with Crippen LogP contribution in [0.3, 0.4) is 0 Å². The molecule has 134 valence electrons. The number of amides is 1. The van der Waals surface area contributed by atoms with Crippen molar-refractivity contribution in [2.45, 2.75) is 12.3 Å². The number of aromatic nitrogens is 5. The van der Waals surface area contributed by atoms with Crippen molar-refractivity contribution in [2.75, 3.05) is 13.1 Å². The number of para-hydroxylation sites is 1. The normalized spacial score (nSPS) is 16.9. The number of aromatic amines is 1. The summed E-state index contributed by atoms with van der Waals surface area (Å²) in [7, 11) is 0.